The van der Waals surface area contributed by atoms with Gasteiger partial charge in [0.05, 0.1) is 42.0 Å². The Labute approximate surface area is 407 Å². The predicted octanol–water partition coefficient (Wildman–Crippen LogP) is 8.16. The van der Waals surface area contributed by atoms with Crippen molar-refractivity contribution in [3.8, 4) is 27.3 Å². The van der Waals surface area contributed by atoms with E-state index in [1.54, 1.807) is 23.5 Å². The number of aromatic nitrogens is 1. The number of amides is 4. The van der Waals surface area contributed by atoms with Crippen LogP contribution < -0.4 is 25.2 Å². The number of carbonyl (C=O) groups excluding carboxylic acids is 4. The number of benzene rings is 4. The van der Waals surface area contributed by atoms with Gasteiger partial charge < -0.3 is 35.0 Å². The Morgan fingerprint density at radius 1 is 0.956 bits per heavy atom. The Morgan fingerprint density at radius 3 is 2.22 bits per heavy atom. The van der Waals surface area contributed by atoms with E-state index in [0.717, 1.165) is 44.1 Å². The summed E-state index contributed by atoms with van der Waals surface area (Å²) in [7, 11) is 0. The van der Waals surface area contributed by atoms with E-state index >= 15 is 0 Å². The van der Waals surface area contributed by atoms with E-state index in [-0.39, 0.29) is 44.5 Å². The number of ether oxygens (including phenoxy) is 2. The first-order valence-electron chi connectivity index (χ1n) is 22.5. The minimum atomic E-state index is -0.968. The molecule has 0 radical (unpaired) electrons. The van der Waals surface area contributed by atoms with Crippen LogP contribution in [-0.2, 0) is 30.5 Å². The molecule has 3 atom stereocenters. The van der Waals surface area contributed by atoms with Gasteiger partial charge >= 0.3 is 0 Å². The summed E-state index contributed by atoms with van der Waals surface area (Å²) >= 11 is 7.43. The third kappa shape index (κ3) is 10.9. The van der Waals surface area contributed by atoms with Crippen molar-refractivity contribution in [2.45, 2.75) is 91.6 Å². The number of aliphatic hydroxyl groups excluding tert-OH is 1. The lowest BCUT2D eigenvalue weighted by Crippen LogP contribution is -2.58. The van der Waals surface area contributed by atoms with Crippen LogP contribution >= 0.6 is 23.6 Å². The molecule has 7 rings (SSSR count). The molecule has 4 aromatic carbocycles. The monoisotopic (exact) mass is 955 g/mol. The molecule has 354 valence electrons. The maximum atomic E-state index is 14.0. The molecule has 0 saturated carbocycles. The number of nitrogens with one attached hydrogen (secondary N) is 2. The number of rotatable bonds is 16. The molecule has 5 aromatic rings. The summed E-state index contributed by atoms with van der Waals surface area (Å²) in [5, 5.41) is 16.7. The summed E-state index contributed by atoms with van der Waals surface area (Å²) in [6.45, 7) is 20.9. The molecular weight excluding hydrogens is 899 g/mol. The van der Waals surface area contributed by atoms with Crippen molar-refractivity contribution in [1.82, 2.24) is 20.5 Å². The summed E-state index contributed by atoms with van der Waals surface area (Å²) in [5.41, 5.74) is 7.74. The summed E-state index contributed by atoms with van der Waals surface area (Å²) in [4.78, 5) is 67.9. The predicted molar refractivity (Wildman–Crippen MR) is 269 cm³/mol. The molecule has 16 heteroatoms. The molecule has 2 saturated heterocycles. The number of thiocarbonyl (C=S) groups is 1. The zero-order valence-electron chi connectivity index (χ0n) is 39.4. The Kier molecular flexibility index (Phi) is 15.1. The topological polar surface area (TPSA) is 158 Å². The normalized spacial score (nSPS) is 17.2. The number of aryl methyl sites for hydroxylation is 2. The van der Waals surface area contributed by atoms with Crippen molar-refractivity contribution in [3.63, 3.8) is 0 Å². The third-order valence-electron chi connectivity index (χ3n) is 12.2. The summed E-state index contributed by atoms with van der Waals surface area (Å²) < 4.78 is 11.6. The van der Waals surface area contributed by atoms with Gasteiger partial charge in [0.25, 0.3) is 5.91 Å². The smallest absolute Gasteiger partial charge is 0.259 e. The van der Waals surface area contributed by atoms with Crippen molar-refractivity contribution >= 4 is 69.4 Å². The van der Waals surface area contributed by atoms with Crippen molar-refractivity contribution in [2.75, 3.05) is 36.2 Å². The average Bonchev–Trinajstić information content (AvgIpc) is 3.98. The van der Waals surface area contributed by atoms with Crippen LogP contribution in [0.2, 0.25) is 0 Å². The molecule has 0 bridgehead atoms. The molecule has 0 unspecified atom stereocenters. The first kappa shape index (κ1) is 49.4. The molecule has 3 N–H and O–H groups in total. The van der Waals surface area contributed by atoms with Crippen LogP contribution in [0.1, 0.15) is 64.3 Å². The molecule has 0 spiro atoms. The van der Waals surface area contributed by atoms with Crippen LogP contribution in [0, 0.1) is 25.8 Å². The Bertz CT molecular complexity index is 2710. The fraction of sp³-hybridized carbons (Fsp3) is 0.365. The van der Waals surface area contributed by atoms with E-state index in [9.17, 15) is 24.3 Å². The van der Waals surface area contributed by atoms with Gasteiger partial charge in [0.1, 0.15) is 30.0 Å². The van der Waals surface area contributed by atoms with Gasteiger partial charge in [-0.3, -0.25) is 24.1 Å². The third-order valence-corrected chi connectivity index (χ3v) is 13.5. The fourth-order valence-electron chi connectivity index (χ4n) is 8.41. The Balaban J connectivity index is 0.850. The van der Waals surface area contributed by atoms with Crippen molar-refractivity contribution < 1.29 is 33.8 Å². The van der Waals surface area contributed by atoms with Gasteiger partial charge in [0, 0.05) is 37.3 Å². The molecular formula is C52H57N7O7S2. The van der Waals surface area contributed by atoms with Crippen LogP contribution in [0.4, 0.5) is 17.1 Å². The van der Waals surface area contributed by atoms with Crippen molar-refractivity contribution in [3.05, 3.63) is 125 Å². The number of aliphatic hydroxyl groups is 1. The van der Waals surface area contributed by atoms with Crippen LogP contribution in [0.15, 0.2) is 96.5 Å². The van der Waals surface area contributed by atoms with E-state index < -0.39 is 41.0 Å². The number of likely N-dealkylation sites (tertiary alicyclic amines) is 1. The average molecular weight is 956 g/mol. The summed E-state index contributed by atoms with van der Waals surface area (Å²) in [6, 6.07) is 26.8. The number of thiazole rings is 1. The highest BCUT2D eigenvalue weighted by atomic mass is 32.1. The molecule has 1 aromatic heterocycles. The first-order chi connectivity index (χ1) is 32.4. The van der Waals surface area contributed by atoms with Crippen LogP contribution in [-0.4, -0.2) is 93.8 Å². The highest BCUT2D eigenvalue weighted by Gasteiger charge is 2.50. The molecule has 4 amide bonds. The highest BCUT2D eigenvalue weighted by molar-refractivity contribution is 7.81. The molecule has 68 heavy (non-hydrogen) atoms. The Hall–Kier alpha value is -6.51. The number of hydrogen-bond acceptors (Lipinski definition) is 10. The first-order valence-corrected chi connectivity index (χ1v) is 23.8. The lowest BCUT2D eigenvalue weighted by molar-refractivity contribution is -0.144. The van der Waals surface area contributed by atoms with Gasteiger partial charge in [0.15, 0.2) is 10.8 Å². The fourth-order valence-corrected chi connectivity index (χ4v) is 9.74. The zero-order chi connectivity index (χ0) is 48.9. The van der Waals surface area contributed by atoms with Gasteiger partial charge in [-0.05, 0) is 110 Å². The second-order valence-electron chi connectivity index (χ2n) is 18.7. The standard InChI is InChI=1S/C52H57N7O7S2/c1-32-26-39(20-23-42(32)53-8)58-49(64)52(6,7)59(50(58)67)38-18-14-35(15-19-38)36-16-21-41(22-17-36)66-25-9-24-65-30-44(61)56-46(51(3,4)5)48(63)57-29-40(60)27-43(57)47(62)54-28-34-10-12-37(13-11-34)45-33(2)55-31-68-45/h10-23,26,31,40,43,46,60H,9,24-25,27-30H2,1-7H3,(H,54,62)(H,56,61)/t40-,43+,46-/m1/s1. The van der Waals surface area contributed by atoms with Crippen molar-refractivity contribution in [1.29, 1.82) is 0 Å². The van der Waals surface area contributed by atoms with Gasteiger partial charge in [-0.1, -0.05) is 75.4 Å². The largest absolute Gasteiger partial charge is 0.494 e. The lowest BCUT2D eigenvalue weighted by atomic mass is 9.85. The quantitative estimate of drug-likeness (QED) is 0.0501. The number of carbonyl (C=O) groups is 4. The van der Waals surface area contributed by atoms with Gasteiger partial charge in [-0.25, -0.2) is 9.83 Å². The second kappa shape index (κ2) is 20.8. The maximum Gasteiger partial charge on any atom is 0.259 e. The minimum Gasteiger partial charge on any atom is -0.494 e. The number of nitrogens with zero attached hydrogens (tertiary/aromatic N) is 5. The number of hydrogen-bond donors (Lipinski definition) is 3. The number of anilines is 2. The molecule has 2 aliphatic heterocycles. The lowest BCUT2D eigenvalue weighted by Gasteiger charge is -2.35. The zero-order valence-corrected chi connectivity index (χ0v) is 41.0. The maximum absolute atomic E-state index is 14.0. The van der Waals surface area contributed by atoms with Crippen molar-refractivity contribution in [2.24, 2.45) is 5.41 Å². The summed E-state index contributed by atoms with van der Waals surface area (Å²) in [6.07, 6.45) is -0.271. The van der Waals surface area contributed by atoms with Crippen LogP contribution in [0.3, 0.4) is 0 Å². The molecule has 2 fully saturated rings. The van der Waals surface area contributed by atoms with E-state index in [4.69, 9.17) is 28.3 Å². The molecule has 0 aliphatic carbocycles. The summed E-state index contributed by atoms with van der Waals surface area (Å²) in [5.74, 6) is -0.763. The Morgan fingerprint density at radius 2 is 1.60 bits per heavy atom. The van der Waals surface area contributed by atoms with E-state index in [2.05, 4.69) is 20.5 Å². The van der Waals surface area contributed by atoms with E-state index in [0.29, 0.717) is 35.3 Å². The number of β-amino-alcohol motifs (C(OH)–C–C–N with tert-alkyl or cyclic N) is 1. The molecule has 3 heterocycles. The van der Waals surface area contributed by atoms with Gasteiger partial charge in [-0.2, -0.15) is 0 Å². The van der Waals surface area contributed by atoms with E-state index in [1.807, 2.05) is 138 Å². The molecule has 2 aliphatic rings. The highest BCUT2D eigenvalue weighted by Crippen LogP contribution is 2.38. The van der Waals surface area contributed by atoms with E-state index in [1.165, 1.54) is 9.80 Å². The van der Waals surface area contributed by atoms with Gasteiger partial charge in [0.2, 0.25) is 17.7 Å². The SMILES string of the molecule is [C-]#[N+]c1ccc(N2C(=O)C(C)(C)N(c3ccc(-c4ccc(OCCCOCC(=O)N[C@H](C(=O)N5C[C@H](O)C[C@H]5C(=O)NCc5ccc(-c6scnc6C)cc5)C(C)(C)C)cc4)cc3)C2=S)cc1C. The second-order valence-corrected chi connectivity index (χ2v) is 19.9. The van der Waals surface area contributed by atoms with Crippen LogP contribution in [0.5, 0.6) is 5.75 Å². The van der Waals surface area contributed by atoms with Crippen LogP contribution in [0.25, 0.3) is 26.4 Å². The molecule has 14 nitrogen and oxygen atoms in total. The minimum absolute atomic E-state index is 0.0191. The van der Waals surface area contributed by atoms with Gasteiger partial charge in [-0.15, -0.1) is 11.3 Å².